The summed E-state index contributed by atoms with van der Waals surface area (Å²) >= 11 is 0. The first-order chi connectivity index (χ1) is 13.5. The first-order valence-corrected chi connectivity index (χ1v) is 9.81. The lowest BCUT2D eigenvalue weighted by molar-refractivity contribution is -0.116. The summed E-state index contributed by atoms with van der Waals surface area (Å²) in [6.07, 6.45) is 3.82. The van der Waals surface area contributed by atoms with Gasteiger partial charge in [-0.05, 0) is 74.7 Å². The van der Waals surface area contributed by atoms with E-state index in [1.54, 1.807) is 24.3 Å². The largest absolute Gasteiger partial charge is 0.374 e. The SMILES string of the molecule is CC(=O)Nc1ccc(NC(=O)[C@H](C)Nc2ccc(N3CCCCC3)cc2)cc1. The van der Waals surface area contributed by atoms with E-state index >= 15 is 0 Å². The summed E-state index contributed by atoms with van der Waals surface area (Å²) < 4.78 is 0. The maximum absolute atomic E-state index is 12.4. The molecule has 2 amide bonds. The van der Waals surface area contributed by atoms with Crippen molar-refractivity contribution < 1.29 is 9.59 Å². The average molecular weight is 380 g/mol. The van der Waals surface area contributed by atoms with Crippen molar-refractivity contribution >= 4 is 34.6 Å². The van der Waals surface area contributed by atoms with Crippen LogP contribution < -0.4 is 20.9 Å². The molecular weight excluding hydrogens is 352 g/mol. The second-order valence-electron chi connectivity index (χ2n) is 7.21. The number of nitrogens with one attached hydrogen (secondary N) is 3. The standard InChI is InChI=1S/C22H28N4O2/c1-16(22(28)25-20-8-6-19(7-9-20)24-17(2)27)23-18-10-12-21(13-11-18)26-14-4-3-5-15-26/h6-13,16,23H,3-5,14-15H2,1-2H3,(H,24,27)(H,25,28)/t16-/m0/s1. The molecule has 1 heterocycles. The first kappa shape index (κ1) is 19.7. The molecule has 3 N–H and O–H groups in total. The van der Waals surface area contributed by atoms with Gasteiger partial charge in [-0.3, -0.25) is 9.59 Å². The zero-order valence-electron chi connectivity index (χ0n) is 16.5. The third kappa shape index (κ3) is 5.49. The molecule has 1 aliphatic rings. The number of piperidine rings is 1. The molecule has 0 aromatic heterocycles. The first-order valence-electron chi connectivity index (χ1n) is 9.81. The van der Waals surface area contributed by atoms with E-state index in [4.69, 9.17) is 0 Å². The third-order valence-electron chi connectivity index (χ3n) is 4.84. The van der Waals surface area contributed by atoms with E-state index in [1.165, 1.54) is 31.9 Å². The minimum absolute atomic E-state index is 0.118. The number of rotatable bonds is 6. The van der Waals surface area contributed by atoms with E-state index in [0.29, 0.717) is 11.4 Å². The Bertz CT molecular complexity index is 796. The van der Waals surface area contributed by atoms with Crippen molar-refractivity contribution in [3.05, 3.63) is 48.5 Å². The van der Waals surface area contributed by atoms with Crippen LogP contribution in [0.25, 0.3) is 0 Å². The molecule has 0 spiro atoms. The molecule has 0 unspecified atom stereocenters. The van der Waals surface area contributed by atoms with Gasteiger partial charge in [-0.25, -0.2) is 0 Å². The monoisotopic (exact) mass is 380 g/mol. The van der Waals surface area contributed by atoms with Gasteiger partial charge in [-0.2, -0.15) is 0 Å². The number of hydrogen-bond donors (Lipinski definition) is 3. The Morgan fingerprint density at radius 3 is 1.93 bits per heavy atom. The van der Waals surface area contributed by atoms with Gasteiger partial charge < -0.3 is 20.9 Å². The van der Waals surface area contributed by atoms with Crippen LogP contribution in [0.5, 0.6) is 0 Å². The molecular formula is C22H28N4O2. The fourth-order valence-electron chi connectivity index (χ4n) is 3.33. The van der Waals surface area contributed by atoms with E-state index < -0.39 is 0 Å². The number of carbonyl (C=O) groups is 2. The van der Waals surface area contributed by atoms with Gasteiger partial charge in [0, 0.05) is 42.8 Å². The van der Waals surface area contributed by atoms with Crippen LogP contribution in [0.15, 0.2) is 48.5 Å². The number of nitrogens with zero attached hydrogens (tertiary/aromatic N) is 1. The van der Waals surface area contributed by atoms with E-state index in [0.717, 1.165) is 18.8 Å². The Labute approximate surface area is 166 Å². The van der Waals surface area contributed by atoms with Crippen molar-refractivity contribution in [2.24, 2.45) is 0 Å². The van der Waals surface area contributed by atoms with E-state index in [1.807, 2.05) is 19.1 Å². The van der Waals surface area contributed by atoms with Crippen molar-refractivity contribution in [3.8, 4) is 0 Å². The minimum atomic E-state index is -0.379. The highest BCUT2D eigenvalue weighted by Crippen LogP contribution is 2.22. The van der Waals surface area contributed by atoms with Crippen LogP contribution >= 0.6 is 0 Å². The number of benzene rings is 2. The Kier molecular flexibility index (Phi) is 6.53. The number of amides is 2. The quantitative estimate of drug-likeness (QED) is 0.706. The average Bonchev–Trinajstić information content (AvgIpc) is 2.70. The molecule has 0 radical (unpaired) electrons. The Balaban J connectivity index is 1.52. The summed E-state index contributed by atoms with van der Waals surface area (Å²) in [6, 6.07) is 14.9. The lowest BCUT2D eigenvalue weighted by Crippen LogP contribution is -2.32. The molecule has 1 fully saturated rings. The summed E-state index contributed by atoms with van der Waals surface area (Å²) in [5, 5.41) is 8.83. The van der Waals surface area contributed by atoms with Crippen LogP contribution in [0.1, 0.15) is 33.1 Å². The zero-order valence-corrected chi connectivity index (χ0v) is 16.5. The fourth-order valence-corrected chi connectivity index (χ4v) is 3.33. The Hall–Kier alpha value is -3.02. The molecule has 6 heteroatoms. The smallest absolute Gasteiger partial charge is 0.246 e. The van der Waals surface area contributed by atoms with Gasteiger partial charge in [0.15, 0.2) is 0 Å². The highest BCUT2D eigenvalue weighted by Gasteiger charge is 2.14. The summed E-state index contributed by atoms with van der Waals surface area (Å²) in [7, 11) is 0. The van der Waals surface area contributed by atoms with Crippen LogP contribution in [0, 0.1) is 0 Å². The van der Waals surface area contributed by atoms with Gasteiger partial charge in [0.2, 0.25) is 11.8 Å². The van der Waals surface area contributed by atoms with Crippen LogP contribution in [-0.2, 0) is 9.59 Å². The number of carbonyl (C=O) groups excluding carboxylic acids is 2. The van der Waals surface area contributed by atoms with Crippen molar-refractivity contribution in [2.45, 2.75) is 39.2 Å². The molecule has 28 heavy (non-hydrogen) atoms. The second-order valence-corrected chi connectivity index (χ2v) is 7.21. The third-order valence-corrected chi connectivity index (χ3v) is 4.84. The second kappa shape index (κ2) is 9.26. The number of hydrogen-bond acceptors (Lipinski definition) is 4. The highest BCUT2D eigenvalue weighted by atomic mass is 16.2. The van der Waals surface area contributed by atoms with E-state index in [2.05, 4.69) is 33.0 Å². The molecule has 3 rings (SSSR count). The molecule has 148 valence electrons. The predicted octanol–water partition coefficient (Wildman–Crippen LogP) is 4.07. The number of anilines is 4. The van der Waals surface area contributed by atoms with Crippen molar-refractivity contribution in [1.29, 1.82) is 0 Å². The topological polar surface area (TPSA) is 73.5 Å². The molecule has 0 aliphatic carbocycles. The van der Waals surface area contributed by atoms with Crippen LogP contribution in [0.4, 0.5) is 22.7 Å². The summed E-state index contributed by atoms with van der Waals surface area (Å²) in [5.41, 5.74) is 3.55. The van der Waals surface area contributed by atoms with Crippen molar-refractivity contribution in [2.75, 3.05) is 33.9 Å². The lowest BCUT2D eigenvalue weighted by Gasteiger charge is -2.29. The van der Waals surface area contributed by atoms with Crippen molar-refractivity contribution in [3.63, 3.8) is 0 Å². The fraction of sp³-hybridized carbons (Fsp3) is 0.364. The van der Waals surface area contributed by atoms with E-state index in [-0.39, 0.29) is 17.9 Å². The minimum Gasteiger partial charge on any atom is -0.374 e. The maximum Gasteiger partial charge on any atom is 0.246 e. The summed E-state index contributed by atoms with van der Waals surface area (Å²) in [4.78, 5) is 25.9. The molecule has 2 aromatic rings. The van der Waals surface area contributed by atoms with Gasteiger partial charge in [0.1, 0.15) is 6.04 Å². The molecule has 2 aromatic carbocycles. The van der Waals surface area contributed by atoms with Gasteiger partial charge in [0.05, 0.1) is 0 Å². The summed E-state index contributed by atoms with van der Waals surface area (Å²) in [6.45, 7) is 5.53. The van der Waals surface area contributed by atoms with Gasteiger partial charge in [-0.1, -0.05) is 0 Å². The molecule has 1 saturated heterocycles. The maximum atomic E-state index is 12.4. The summed E-state index contributed by atoms with van der Waals surface area (Å²) in [5.74, 6) is -0.242. The molecule has 1 aliphatic heterocycles. The van der Waals surface area contributed by atoms with Gasteiger partial charge in [0.25, 0.3) is 0 Å². The Morgan fingerprint density at radius 2 is 1.36 bits per heavy atom. The van der Waals surface area contributed by atoms with Crippen molar-refractivity contribution in [1.82, 2.24) is 0 Å². The van der Waals surface area contributed by atoms with E-state index in [9.17, 15) is 9.59 Å². The van der Waals surface area contributed by atoms with Crippen LogP contribution in [0.2, 0.25) is 0 Å². The highest BCUT2D eigenvalue weighted by molar-refractivity contribution is 5.96. The molecule has 6 nitrogen and oxygen atoms in total. The molecule has 0 saturated carbocycles. The lowest BCUT2D eigenvalue weighted by atomic mass is 10.1. The normalized spacial score (nSPS) is 14.9. The molecule has 0 bridgehead atoms. The van der Waals surface area contributed by atoms with Gasteiger partial charge >= 0.3 is 0 Å². The Morgan fingerprint density at radius 1 is 0.821 bits per heavy atom. The predicted molar refractivity (Wildman–Crippen MR) is 115 cm³/mol. The van der Waals surface area contributed by atoms with Crippen LogP contribution in [0.3, 0.4) is 0 Å². The zero-order chi connectivity index (χ0) is 19.9. The van der Waals surface area contributed by atoms with Crippen LogP contribution in [-0.4, -0.2) is 30.9 Å². The van der Waals surface area contributed by atoms with Gasteiger partial charge in [-0.15, -0.1) is 0 Å². The molecule has 1 atom stereocenters.